The molecule has 2 aliphatic rings. The van der Waals surface area contributed by atoms with Crippen LogP contribution < -0.4 is 5.32 Å². The third kappa shape index (κ3) is 6.38. The zero-order chi connectivity index (χ0) is 22.4. The van der Waals surface area contributed by atoms with Crippen LogP contribution in [0.3, 0.4) is 0 Å². The van der Waals surface area contributed by atoms with E-state index < -0.39 is 14.9 Å². The van der Waals surface area contributed by atoms with Crippen LogP contribution >= 0.6 is 0 Å². The number of piperidine rings is 2. The van der Waals surface area contributed by atoms with Crippen molar-refractivity contribution in [1.82, 2.24) is 14.1 Å². The van der Waals surface area contributed by atoms with Crippen LogP contribution in [0.15, 0.2) is 23.1 Å². The molecule has 2 heterocycles. The van der Waals surface area contributed by atoms with Crippen LogP contribution in [0, 0.1) is 16.0 Å². The highest BCUT2D eigenvalue weighted by atomic mass is 32.2. The molecule has 0 atom stereocenters. The number of nitro groups is 1. The smallest absolute Gasteiger partial charge is 0.293 e. The summed E-state index contributed by atoms with van der Waals surface area (Å²) < 4.78 is 27.2. The minimum atomic E-state index is -3.70. The molecular formula is C21H35N5O4S. The van der Waals surface area contributed by atoms with Crippen LogP contribution in [-0.4, -0.2) is 87.4 Å². The summed E-state index contributed by atoms with van der Waals surface area (Å²) in [5, 5.41) is 14.9. The molecule has 0 amide bonds. The molecule has 0 saturated carbocycles. The molecule has 2 saturated heterocycles. The SMILES string of the molecule is CN(C)CCN1CCC(CNc2ccc(S(=O)(=O)N3CCCCC3)cc2[N+](=O)[O-])CC1. The van der Waals surface area contributed by atoms with Gasteiger partial charge in [0.15, 0.2) is 0 Å². The monoisotopic (exact) mass is 453 g/mol. The molecule has 9 nitrogen and oxygen atoms in total. The highest BCUT2D eigenvalue weighted by molar-refractivity contribution is 7.89. The van der Waals surface area contributed by atoms with Crippen molar-refractivity contribution < 1.29 is 13.3 Å². The zero-order valence-corrected chi connectivity index (χ0v) is 19.4. The minimum absolute atomic E-state index is 0.000787. The van der Waals surface area contributed by atoms with Gasteiger partial charge in [-0.15, -0.1) is 0 Å². The summed E-state index contributed by atoms with van der Waals surface area (Å²) in [5.41, 5.74) is 0.208. The topological polar surface area (TPSA) is 99.0 Å². The molecule has 0 unspecified atom stereocenters. The molecular weight excluding hydrogens is 418 g/mol. The second kappa shape index (κ2) is 10.7. The van der Waals surface area contributed by atoms with E-state index in [-0.39, 0.29) is 10.6 Å². The Hall–Kier alpha value is -1.75. The van der Waals surface area contributed by atoms with Crippen molar-refractivity contribution in [2.24, 2.45) is 5.92 Å². The van der Waals surface area contributed by atoms with Crippen LogP contribution in [0.5, 0.6) is 0 Å². The van der Waals surface area contributed by atoms with E-state index in [9.17, 15) is 18.5 Å². The van der Waals surface area contributed by atoms with Gasteiger partial charge in [-0.1, -0.05) is 6.42 Å². The molecule has 2 fully saturated rings. The maximum Gasteiger partial charge on any atom is 0.293 e. The molecule has 0 radical (unpaired) electrons. The van der Waals surface area contributed by atoms with Crippen LogP contribution in [0.1, 0.15) is 32.1 Å². The van der Waals surface area contributed by atoms with Gasteiger partial charge in [0.2, 0.25) is 10.0 Å². The second-order valence-electron chi connectivity index (χ2n) is 8.87. The van der Waals surface area contributed by atoms with E-state index in [0.29, 0.717) is 31.2 Å². The first-order chi connectivity index (χ1) is 14.8. The Morgan fingerprint density at radius 3 is 2.42 bits per heavy atom. The van der Waals surface area contributed by atoms with Crippen molar-refractivity contribution >= 4 is 21.4 Å². The van der Waals surface area contributed by atoms with Gasteiger partial charge in [0.25, 0.3) is 5.69 Å². The van der Waals surface area contributed by atoms with Gasteiger partial charge in [0.1, 0.15) is 5.69 Å². The highest BCUT2D eigenvalue weighted by Gasteiger charge is 2.29. The van der Waals surface area contributed by atoms with Gasteiger partial charge in [-0.3, -0.25) is 10.1 Å². The summed E-state index contributed by atoms with van der Waals surface area (Å²) in [5.74, 6) is 0.451. The lowest BCUT2D eigenvalue weighted by Crippen LogP contribution is -2.39. The fourth-order valence-corrected chi connectivity index (χ4v) is 5.77. The number of likely N-dealkylation sites (N-methyl/N-ethyl adjacent to an activating group) is 1. The number of nitrogens with one attached hydrogen (secondary N) is 1. The highest BCUT2D eigenvalue weighted by Crippen LogP contribution is 2.30. The summed E-state index contributed by atoms with van der Waals surface area (Å²) >= 11 is 0. The van der Waals surface area contributed by atoms with E-state index in [2.05, 4.69) is 29.2 Å². The molecule has 0 bridgehead atoms. The van der Waals surface area contributed by atoms with Crippen LogP contribution in [0.4, 0.5) is 11.4 Å². The van der Waals surface area contributed by atoms with E-state index in [1.807, 2.05) is 0 Å². The van der Waals surface area contributed by atoms with Gasteiger partial charge < -0.3 is 15.1 Å². The maximum absolute atomic E-state index is 12.9. The summed E-state index contributed by atoms with van der Waals surface area (Å²) in [7, 11) is 0.456. The van der Waals surface area contributed by atoms with Gasteiger partial charge in [-0.05, 0) is 70.9 Å². The lowest BCUT2D eigenvalue weighted by Gasteiger charge is -2.32. The summed E-state index contributed by atoms with van der Waals surface area (Å²) in [6.07, 6.45) is 4.78. The fourth-order valence-electron chi connectivity index (χ4n) is 4.24. The van der Waals surface area contributed by atoms with Gasteiger partial charge in [0.05, 0.1) is 9.82 Å². The van der Waals surface area contributed by atoms with E-state index in [4.69, 9.17) is 0 Å². The number of hydrogen-bond acceptors (Lipinski definition) is 7. The fraction of sp³-hybridized carbons (Fsp3) is 0.714. The van der Waals surface area contributed by atoms with Gasteiger partial charge in [0, 0.05) is 38.8 Å². The van der Waals surface area contributed by atoms with Crippen molar-refractivity contribution in [3.05, 3.63) is 28.3 Å². The van der Waals surface area contributed by atoms with E-state index in [0.717, 1.165) is 58.3 Å². The number of rotatable bonds is 9. The second-order valence-corrected chi connectivity index (χ2v) is 10.8. The van der Waals surface area contributed by atoms with Gasteiger partial charge >= 0.3 is 0 Å². The molecule has 10 heteroatoms. The largest absolute Gasteiger partial charge is 0.379 e. The van der Waals surface area contributed by atoms with Crippen molar-refractivity contribution in [3.8, 4) is 0 Å². The molecule has 0 aromatic heterocycles. The third-order valence-electron chi connectivity index (χ3n) is 6.27. The minimum Gasteiger partial charge on any atom is -0.379 e. The Labute approximate surface area is 185 Å². The molecule has 1 aromatic rings. The van der Waals surface area contributed by atoms with Crippen LogP contribution in [-0.2, 0) is 10.0 Å². The summed E-state index contributed by atoms with van der Waals surface area (Å²) in [4.78, 5) is 15.8. The summed E-state index contributed by atoms with van der Waals surface area (Å²) in [6, 6.07) is 4.24. The van der Waals surface area contributed by atoms with Crippen molar-refractivity contribution in [2.75, 3.05) is 65.2 Å². The number of sulfonamides is 1. The molecule has 0 spiro atoms. The lowest BCUT2D eigenvalue weighted by atomic mass is 9.96. The predicted octanol–water partition coefficient (Wildman–Crippen LogP) is 2.45. The molecule has 3 rings (SSSR count). The predicted molar refractivity (Wildman–Crippen MR) is 122 cm³/mol. The number of nitrogens with zero attached hydrogens (tertiary/aromatic N) is 4. The van der Waals surface area contributed by atoms with Gasteiger partial charge in [-0.2, -0.15) is 4.31 Å². The Morgan fingerprint density at radius 1 is 1.13 bits per heavy atom. The van der Waals surface area contributed by atoms with Crippen molar-refractivity contribution in [2.45, 2.75) is 37.0 Å². The molecule has 31 heavy (non-hydrogen) atoms. The number of nitro benzene ring substituents is 1. The number of anilines is 1. The lowest BCUT2D eigenvalue weighted by molar-refractivity contribution is -0.384. The first-order valence-corrected chi connectivity index (χ1v) is 12.6. The zero-order valence-electron chi connectivity index (χ0n) is 18.6. The normalized spacial score (nSPS) is 19.6. The molecule has 174 valence electrons. The molecule has 2 aliphatic heterocycles. The van der Waals surface area contributed by atoms with Crippen LogP contribution in [0.2, 0.25) is 0 Å². The Bertz CT molecular complexity index is 847. The Kier molecular flexibility index (Phi) is 8.26. The van der Waals surface area contributed by atoms with E-state index in [1.54, 1.807) is 6.07 Å². The molecule has 1 aromatic carbocycles. The molecule has 1 N–H and O–H groups in total. The first-order valence-electron chi connectivity index (χ1n) is 11.2. The average molecular weight is 454 g/mol. The quantitative estimate of drug-likeness (QED) is 0.453. The standard InChI is InChI=1S/C21H35N5O4S/c1-23(2)14-15-24-12-8-18(9-13-24)17-22-20-7-6-19(16-21(20)26(27)28)31(29,30)25-10-4-3-5-11-25/h6-7,16,18,22H,3-5,8-15,17H2,1-2H3. The van der Waals surface area contributed by atoms with Gasteiger partial charge in [-0.25, -0.2) is 8.42 Å². The number of benzene rings is 1. The van der Waals surface area contributed by atoms with Crippen molar-refractivity contribution in [1.29, 1.82) is 0 Å². The summed E-state index contributed by atoms with van der Waals surface area (Å²) in [6.45, 7) is 5.78. The molecule has 0 aliphatic carbocycles. The number of likely N-dealkylation sites (tertiary alicyclic amines) is 1. The Balaban J connectivity index is 1.61. The van der Waals surface area contributed by atoms with Crippen LogP contribution in [0.25, 0.3) is 0 Å². The van der Waals surface area contributed by atoms with Crippen molar-refractivity contribution in [3.63, 3.8) is 0 Å². The number of hydrogen-bond donors (Lipinski definition) is 1. The first kappa shape index (κ1) is 23.9. The third-order valence-corrected chi connectivity index (χ3v) is 8.17. The maximum atomic E-state index is 12.9. The average Bonchev–Trinajstić information content (AvgIpc) is 2.77. The van der Waals surface area contributed by atoms with E-state index in [1.165, 1.54) is 16.4 Å². The van der Waals surface area contributed by atoms with E-state index >= 15 is 0 Å². The Morgan fingerprint density at radius 2 is 1.81 bits per heavy atom.